The van der Waals surface area contributed by atoms with Crippen LogP contribution in [0, 0.1) is 0 Å². The number of thiocarbonyl (C=S) groups is 1. The molecule has 2 aromatic rings. The van der Waals surface area contributed by atoms with E-state index >= 15 is 0 Å². The molecule has 0 fully saturated rings. The van der Waals surface area contributed by atoms with Gasteiger partial charge in [-0.05, 0) is 23.3 Å². The summed E-state index contributed by atoms with van der Waals surface area (Å²) in [5.74, 6) is 0. The second kappa shape index (κ2) is 6.66. The smallest absolute Gasteiger partial charge is 0.104 e. The summed E-state index contributed by atoms with van der Waals surface area (Å²) in [6.07, 6.45) is 0. The predicted molar refractivity (Wildman–Crippen MR) is 82.3 cm³/mol. The number of halogens is 1. The highest BCUT2D eigenvalue weighted by Gasteiger charge is 2.04. The van der Waals surface area contributed by atoms with Crippen molar-refractivity contribution in [2.45, 2.75) is 13.2 Å². The molecular formula is C15H14ClNOS. The summed E-state index contributed by atoms with van der Waals surface area (Å²) in [5.41, 5.74) is 8.58. The van der Waals surface area contributed by atoms with E-state index < -0.39 is 0 Å². The van der Waals surface area contributed by atoms with Crippen molar-refractivity contribution >= 4 is 28.8 Å². The van der Waals surface area contributed by atoms with Gasteiger partial charge in [0.1, 0.15) is 4.99 Å². The van der Waals surface area contributed by atoms with Gasteiger partial charge in [0.25, 0.3) is 0 Å². The molecule has 0 heterocycles. The van der Waals surface area contributed by atoms with E-state index in [0.29, 0.717) is 23.2 Å². The Kier molecular flexibility index (Phi) is 4.91. The first-order chi connectivity index (χ1) is 9.16. The summed E-state index contributed by atoms with van der Waals surface area (Å²) in [6, 6.07) is 15.3. The fourth-order valence-corrected chi connectivity index (χ4v) is 2.20. The molecule has 0 spiro atoms. The molecule has 0 aliphatic carbocycles. The lowest BCUT2D eigenvalue weighted by Gasteiger charge is -2.09. The molecule has 2 rings (SSSR count). The van der Waals surface area contributed by atoms with Crippen LogP contribution in [0.5, 0.6) is 0 Å². The second-order valence-corrected chi connectivity index (χ2v) is 5.02. The van der Waals surface area contributed by atoms with Crippen molar-refractivity contribution in [1.82, 2.24) is 0 Å². The van der Waals surface area contributed by atoms with Gasteiger partial charge in [0.05, 0.1) is 13.2 Å². The van der Waals surface area contributed by atoms with Crippen LogP contribution in [0.4, 0.5) is 0 Å². The Bertz CT molecular complexity index is 586. The second-order valence-electron chi connectivity index (χ2n) is 4.14. The average molecular weight is 292 g/mol. The van der Waals surface area contributed by atoms with Gasteiger partial charge in [-0.1, -0.05) is 60.2 Å². The van der Waals surface area contributed by atoms with Crippen molar-refractivity contribution in [1.29, 1.82) is 0 Å². The van der Waals surface area contributed by atoms with Gasteiger partial charge in [0, 0.05) is 10.6 Å². The molecule has 0 aromatic heterocycles. The van der Waals surface area contributed by atoms with Crippen LogP contribution in [0.2, 0.25) is 5.02 Å². The Morgan fingerprint density at radius 2 is 1.89 bits per heavy atom. The van der Waals surface area contributed by atoms with Gasteiger partial charge in [-0.2, -0.15) is 0 Å². The lowest BCUT2D eigenvalue weighted by molar-refractivity contribution is 0.107. The number of nitrogens with two attached hydrogens (primary N) is 1. The highest BCUT2D eigenvalue weighted by atomic mass is 35.5. The van der Waals surface area contributed by atoms with Gasteiger partial charge in [0.2, 0.25) is 0 Å². The van der Waals surface area contributed by atoms with Crippen LogP contribution in [0.3, 0.4) is 0 Å². The summed E-state index contributed by atoms with van der Waals surface area (Å²) in [5, 5.41) is 0.713. The Labute approximate surface area is 123 Å². The number of hydrogen-bond acceptors (Lipinski definition) is 2. The molecule has 98 valence electrons. The van der Waals surface area contributed by atoms with E-state index in [4.69, 9.17) is 34.3 Å². The molecule has 0 unspecified atom stereocenters. The molecule has 2 N–H and O–H groups in total. The molecule has 0 aliphatic heterocycles. The van der Waals surface area contributed by atoms with Gasteiger partial charge >= 0.3 is 0 Å². The highest BCUT2D eigenvalue weighted by molar-refractivity contribution is 7.80. The van der Waals surface area contributed by atoms with Crippen LogP contribution in [-0.2, 0) is 18.0 Å². The normalized spacial score (nSPS) is 10.4. The highest BCUT2D eigenvalue weighted by Crippen LogP contribution is 2.14. The Balaban J connectivity index is 1.98. The monoisotopic (exact) mass is 291 g/mol. The minimum Gasteiger partial charge on any atom is -0.389 e. The zero-order valence-electron chi connectivity index (χ0n) is 10.3. The van der Waals surface area contributed by atoms with Gasteiger partial charge in [0.15, 0.2) is 0 Å². The van der Waals surface area contributed by atoms with Crippen molar-refractivity contribution in [3.63, 3.8) is 0 Å². The van der Waals surface area contributed by atoms with Crippen LogP contribution in [0.15, 0.2) is 48.5 Å². The van der Waals surface area contributed by atoms with Crippen molar-refractivity contribution < 1.29 is 4.74 Å². The van der Waals surface area contributed by atoms with Crippen LogP contribution >= 0.6 is 23.8 Å². The molecule has 0 saturated heterocycles. The minimum absolute atomic E-state index is 0.391. The topological polar surface area (TPSA) is 35.2 Å². The van der Waals surface area contributed by atoms with Crippen molar-refractivity contribution in [2.24, 2.45) is 5.73 Å². The third kappa shape index (κ3) is 4.03. The fraction of sp³-hybridized carbons (Fsp3) is 0.133. The lowest BCUT2D eigenvalue weighted by atomic mass is 10.1. The number of benzene rings is 2. The maximum atomic E-state index is 5.92. The van der Waals surface area contributed by atoms with Gasteiger partial charge < -0.3 is 10.5 Å². The molecule has 0 amide bonds. The Morgan fingerprint density at radius 3 is 2.63 bits per heavy atom. The molecule has 19 heavy (non-hydrogen) atoms. The fourth-order valence-electron chi connectivity index (χ4n) is 1.79. The maximum Gasteiger partial charge on any atom is 0.104 e. The summed E-state index contributed by atoms with van der Waals surface area (Å²) in [6.45, 7) is 0.978. The standard InChI is InChI=1S/C15H14ClNOS/c16-13-6-3-4-11(8-13)9-18-10-12-5-1-2-7-14(12)15(17)19/h1-8H,9-10H2,(H2,17,19). The SMILES string of the molecule is NC(=S)c1ccccc1COCc1cccc(Cl)c1. The quantitative estimate of drug-likeness (QED) is 0.853. The van der Waals surface area contributed by atoms with E-state index in [2.05, 4.69) is 0 Å². The molecule has 0 saturated carbocycles. The zero-order chi connectivity index (χ0) is 13.7. The van der Waals surface area contributed by atoms with E-state index in [9.17, 15) is 0 Å². The Morgan fingerprint density at radius 1 is 1.11 bits per heavy atom. The van der Waals surface area contributed by atoms with Crippen molar-refractivity contribution in [2.75, 3.05) is 0 Å². The van der Waals surface area contributed by atoms with Gasteiger partial charge in [-0.15, -0.1) is 0 Å². The number of rotatable bonds is 5. The summed E-state index contributed by atoms with van der Waals surface area (Å²) in [7, 11) is 0. The van der Waals surface area contributed by atoms with Crippen LogP contribution in [-0.4, -0.2) is 4.99 Å². The maximum absolute atomic E-state index is 5.92. The minimum atomic E-state index is 0.391. The molecular weight excluding hydrogens is 278 g/mol. The summed E-state index contributed by atoms with van der Waals surface area (Å²) >= 11 is 10.9. The lowest BCUT2D eigenvalue weighted by Crippen LogP contribution is -2.12. The molecule has 2 nitrogen and oxygen atoms in total. The van der Waals surface area contributed by atoms with Crippen LogP contribution < -0.4 is 5.73 Å². The largest absolute Gasteiger partial charge is 0.389 e. The molecule has 0 radical (unpaired) electrons. The van der Waals surface area contributed by atoms with Crippen molar-refractivity contribution in [3.05, 3.63) is 70.2 Å². The first kappa shape index (κ1) is 14.0. The van der Waals surface area contributed by atoms with Gasteiger partial charge in [-0.25, -0.2) is 0 Å². The van der Waals surface area contributed by atoms with E-state index in [1.54, 1.807) is 0 Å². The molecule has 0 bridgehead atoms. The zero-order valence-corrected chi connectivity index (χ0v) is 11.9. The third-order valence-electron chi connectivity index (χ3n) is 2.70. The molecule has 0 aliphatic rings. The van der Waals surface area contributed by atoms with E-state index in [1.165, 1.54) is 0 Å². The first-order valence-electron chi connectivity index (χ1n) is 5.86. The Hall–Kier alpha value is -1.42. The van der Waals surface area contributed by atoms with E-state index in [0.717, 1.165) is 16.7 Å². The van der Waals surface area contributed by atoms with E-state index in [-0.39, 0.29) is 0 Å². The van der Waals surface area contributed by atoms with Crippen LogP contribution in [0.1, 0.15) is 16.7 Å². The average Bonchev–Trinajstić information content (AvgIpc) is 2.39. The van der Waals surface area contributed by atoms with Gasteiger partial charge in [-0.3, -0.25) is 0 Å². The summed E-state index contributed by atoms with van der Waals surface area (Å²) in [4.78, 5) is 0.391. The predicted octanol–water partition coefficient (Wildman–Crippen LogP) is 3.69. The first-order valence-corrected chi connectivity index (χ1v) is 6.65. The molecule has 0 atom stereocenters. The summed E-state index contributed by atoms with van der Waals surface area (Å²) < 4.78 is 5.68. The number of ether oxygens (including phenoxy) is 1. The number of hydrogen-bond donors (Lipinski definition) is 1. The van der Waals surface area contributed by atoms with Crippen LogP contribution in [0.25, 0.3) is 0 Å². The van der Waals surface area contributed by atoms with Crippen molar-refractivity contribution in [3.8, 4) is 0 Å². The molecule has 2 aromatic carbocycles. The molecule has 4 heteroatoms. The third-order valence-corrected chi connectivity index (χ3v) is 3.15. The van der Waals surface area contributed by atoms with E-state index in [1.807, 2.05) is 48.5 Å².